The molecule has 0 rings (SSSR count). The summed E-state index contributed by atoms with van der Waals surface area (Å²) in [7, 11) is -1.63. The molecule has 0 unspecified atom stereocenters. The van der Waals surface area contributed by atoms with Gasteiger partial charge in [0.05, 0.1) is 6.61 Å². The average Bonchev–Trinajstić information content (AvgIpc) is 2.51. The van der Waals surface area contributed by atoms with E-state index in [0.29, 0.717) is 31.7 Å². The lowest BCUT2D eigenvalue weighted by Crippen LogP contribution is -2.31. The summed E-state index contributed by atoms with van der Waals surface area (Å²) in [5.74, 6) is -0.295. The van der Waals surface area contributed by atoms with Gasteiger partial charge < -0.3 is 13.0 Å². The molecule has 0 bridgehead atoms. The molecule has 26 heavy (non-hydrogen) atoms. The van der Waals surface area contributed by atoms with Gasteiger partial charge in [0.15, 0.2) is 16.6 Å². The van der Waals surface area contributed by atoms with Gasteiger partial charge in [-0.15, -0.1) is 0 Å². The van der Waals surface area contributed by atoms with Crippen LogP contribution >= 0.6 is 0 Å². The van der Waals surface area contributed by atoms with E-state index in [1.54, 1.807) is 6.92 Å². The van der Waals surface area contributed by atoms with E-state index >= 15 is 0 Å². The molecule has 8 heteroatoms. The molecule has 0 aromatic rings. The molecule has 0 heterocycles. The molecule has 0 aliphatic rings. The largest absolute Gasteiger partial charge is 0.462 e. The maximum absolute atomic E-state index is 11.3. The lowest BCUT2D eigenvalue weighted by Gasteiger charge is -2.22. The Bertz CT molecular complexity index is 408. The predicted molar refractivity (Wildman–Crippen MR) is 118 cm³/mol. The van der Waals surface area contributed by atoms with Gasteiger partial charge in [0.2, 0.25) is 19.5 Å². The molecule has 0 atom stereocenters. The summed E-state index contributed by atoms with van der Waals surface area (Å²) in [6.07, 6.45) is 6.04. The molecule has 0 saturated carbocycles. The molecule has 0 aromatic heterocycles. The third kappa shape index (κ3) is 17.4. The zero-order valence-corrected chi connectivity index (χ0v) is 21.7. The van der Waals surface area contributed by atoms with Gasteiger partial charge in [0.25, 0.3) is 0 Å². The number of unbranched alkanes of at least 4 members (excludes halogenated alkanes) is 3. The fourth-order valence-corrected chi connectivity index (χ4v) is 8.40. The van der Waals surface area contributed by atoms with Crippen molar-refractivity contribution in [1.82, 2.24) is 0 Å². The second-order valence-electron chi connectivity index (χ2n) is 8.30. The van der Waals surface area contributed by atoms with Crippen LogP contribution in [0.2, 0.25) is 50.9 Å². The van der Waals surface area contributed by atoms with Crippen LogP contribution in [0.3, 0.4) is 0 Å². The molecule has 4 radical (unpaired) electrons. The van der Waals surface area contributed by atoms with Crippen molar-refractivity contribution in [3.8, 4) is 0 Å². The Balaban J connectivity index is 3.52. The molecule has 0 N–H and O–H groups in total. The van der Waals surface area contributed by atoms with Crippen LogP contribution in [0.1, 0.15) is 39.0 Å². The van der Waals surface area contributed by atoms with Crippen LogP contribution in [0.4, 0.5) is 0 Å². The van der Waals surface area contributed by atoms with E-state index in [-0.39, 0.29) is 5.97 Å². The Hall–Kier alpha value is -0.00247. The van der Waals surface area contributed by atoms with Crippen molar-refractivity contribution >= 4 is 42.1 Å². The fraction of sp³-hybridized carbons (Fsp3) is 0.833. The Morgan fingerprint density at radius 3 is 2.08 bits per heavy atom. The lowest BCUT2D eigenvalue weighted by molar-refractivity contribution is -0.138. The fourth-order valence-electron chi connectivity index (χ4n) is 2.10. The van der Waals surface area contributed by atoms with Gasteiger partial charge in [-0.2, -0.15) is 0 Å². The zero-order chi connectivity index (χ0) is 20.1. The Morgan fingerprint density at radius 2 is 1.46 bits per heavy atom. The van der Waals surface area contributed by atoms with Gasteiger partial charge in [-0.25, -0.2) is 4.79 Å². The van der Waals surface area contributed by atoms with Crippen molar-refractivity contribution in [2.24, 2.45) is 0 Å². The van der Waals surface area contributed by atoms with Crippen molar-refractivity contribution in [2.75, 3.05) is 6.61 Å². The zero-order valence-electron chi connectivity index (χ0n) is 17.7. The highest BCUT2D eigenvalue weighted by molar-refractivity contribution is 6.75. The Labute approximate surface area is 168 Å². The van der Waals surface area contributed by atoms with Gasteiger partial charge >= 0.3 is 5.97 Å². The average molecular weight is 431 g/mol. The van der Waals surface area contributed by atoms with Crippen LogP contribution in [0.5, 0.6) is 0 Å². The summed E-state index contributed by atoms with van der Waals surface area (Å²) in [5, 5.41) is 0. The normalized spacial score (nSPS) is 12.2. The van der Waals surface area contributed by atoms with Gasteiger partial charge in [-0.3, -0.25) is 0 Å². The minimum Gasteiger partial charge on any atom is -0.462 e. The quantitative estimate of drug-likeness (QED) is 0.146. The third-order valence-electron chi connectivity index (χ3n) is 3.54. The molecule has 0 amide bonds. The van der Waals surface area contributed by atoms with E-state index in [2.05, 4.69) is 39.3 Å². The molecular weight excluding hydrogens is 393 g/mol. The smallest absolute Gasteiger partial charge is 0.333 e. The molecule has 4 nitrogen and oxygen atoms in total. The van der Waals surface area contributed by atoms with Gasteiger partial charge in [-0.05, 0) is 64.2 Å². The maximum Gasteiger partial charge on any atom is 0.333 e. The van der Waals surface area contributed by atoms with E-state index in [1.807, 2.05) is 0 Å². The van der Waals surface area contributed by atoms with E-state index < -0.39 is 16.6 Å². The van der Waals surface area contributed by atoms with Crippen molar-refractivity contribution in [2.45, 2.75) is 89.9 Å². The molecule has 0 fully saturated rings. The van der Waals surface area contributed by atoms with Crippen LogP contribution in [0.25, 0.3) is 0 Å². The minimum absolute atomic E-state index is 0.295. The maximum atomic E-state index is 11.3. The highest BCUT2D eigenvalue weighted by Crippen LogP contribution is 2.17. The summed E-state index contributed by atoms with van der Waals surface area (Å²) in [6.45, 7) is 17.1. The molecule has 0 aliphatic carbocycles. The predicted octanol–water partition coefficient (Wildman–Crippen LogP) is 5.20. The van der Waals surface area contributed by atoms with Crippen LogP contribution in [-0.2, 0) is 17.8 Å². The number of rotatable bonds is 16. The number of hydrogen-bond donors (Lipinski definition) is 0. The van der Waals surface area contributed by atoms with Crippen molar-refractivity contribution in [3.05, 3.63) is 12.2 Å². The van der Waals surface area contributed by atoms with E-state index in [1.165, 1.54) is 37.8 Å². The molecule has 0 spiro atoms. The lowest BCUT2D eigenvalue weighted by atomic mass is 10.2. The Kier molecular flexibility index (Phi) is 14.1. The summed E-state index contributed by atoms with van der Waals surface area (Å²) in [5.41, 5.74) is 0.460. The standard InChI is InChI=1S/C18H38O4Si4/c1-17(2)18(19)20-13-12-15-24-22-26(6,7)16-11-9-8-10-14-23-21-25(3,4)5/h1,8-16H2,2-7H3. The molecule has 0 aromatic carbocycles. The first-order chi connectivity index (χ1) is 12.0. The van der Waals surface area contributed by atoms with Crippen molar-refractivity contribution < 1.29 is 17.8 Å². The second kappa shape index (κ2) is 14.1. The van der Waals surface area contributed by atoms with Crippen LogP contribution < -0.4 is 0 Å². The van der Waals surface area contributed by atoms with Crippen LogP contribution in [0.15, 0.2) is 12.2 Å². The SMILES string of the molecule is C=C(C)C(=O)OCCC[Si]O[Si](C)(C)CCCCCC[Si]O[Si](C)(C)C. The minimum atomic E-state index is -1.53. The first kappa shape index (κ1) is 26.0. The first-order valence-corrected chi connectivity index (χ1v) is 18.4. The first-order valence-electron chi connectivity index (χ1n) is 9.68. The summed E-state index contributed by atoms with van der Waals surface area (Å²) in [4.78, 5) is 11.3. The van der Waals surface area contributed by atoms with Gasteiger partial charge in [-0.1, -0.05) is 32.3 Å². The highest BCUT2D eigenvalue weighted by atomic mass is 28.4. The van der Waals surface area contributed by atoms with Crippen molar-refractivity contribution in [1.29, 1.82) is 0 Å². The van der Waals surface area contributed by atoms with E-state index in [0.717, 1.165) is 12.5 Å². The molecule has 0 saturated heterocycles. The second-order valence-corrected chi connectivity index (χ2v) is 19.8. The summed E-state index contributed by atoms with van der Waals surface area (Å²) >= 11 is 0. The van der Waals surface area contributed by atoms with Crippen molar-refractivity contribution in [3.63, 3.8) is 0 Å². The molecule has 150 valence electrons. The summed E-state index contributed by atoms with van der Waals surface area (Å²) < 4.78 is 17.2. The number of esters is 1. The van der Waals surface area contributed by atoms with Gasteiger partial charge in [0, 0.05) is 5.57 Å². The van der Waals surface area contributed by atoms with E-state index in [9.17, 15) is 4.79 Å². The number of carbonyl (C=O) groups excluding carboxylic acids is 1. The van der Waals surface area contributed by atoms with Crippen LogP contribution in [-0.4, -0.2) is 48.7 Å². The Morgan fingerprint density at radius 1 is 0.885 bits per heavy atom. The van der Waals surface area contributed by atoms with Gasteiger partial charge in [0.1, 0.15) is 0 Å². The third-order valence-corrected chi connectivity index (χ3v) is 12.0. The van der Waals surface area contributed by atoms with E-state index in [4.69, 9.17) is 13.0 Å². The van der Waals surface area contributed by atoms with Crippen LogP contribution in [0, 0.1) is 0 Å². The monoisotopic (exact) mass is 430 g/mol. The number of ether oxygens (including phenoxy) is 1. The number of carbonyl (C=O) groups is 1. The summed E-state index contributed by atoms with van der Waals surface area (Å²) in [6, 6.07) is 3.43. The molecule has 0 aliphatic heterocycles. The molecular formula is C18H38O4Si4. The highest BCUT2D eigenvalue weighted by Gasteiger charge is 2.21. The topological polar surface area (TPSA) is 44.8 Å². The number of hydrogen-bond acceptors (Lipinski definition) is 4.